The fourth-order valence-corrected chi connectivity index (χ4v) is 2.76. The summed E-state index contributed by atoms with van der Waals surface area (Å²) in [6.45, 7) is 0.456. The number of para-hydroxylation sites is 1. The second-order valence-corrected chi connectivity index (χ2v) is 5.88. The number of hydrogen-bond donors (Lipinski definition) is 3. The van der Waals surface area contributed by atoms with Crippen molar-refractivity contribution >= 4 is 28.4 Å². The van der Waals surface area contributed by atoms with E-state index >= 15 is 0 Å². The van der Waals surface area contributed by atoms with Crippen LogP contribution in [-0.2, 0) is 16.0 Å². The molecule has 0 radical (unpaired) electrons. The van der Waals surface area contributed by atoms with Gasteiger partial charge in [-0.15, -0.1) is 0 Å². The van der Waals surface area contributed by atoms with Gasteiger partial charge in [0.15, 0.2) is 0 Å². The minimum absolute atomic E-state index is 0.259. The van der Waals surface area contributed by atoms with Gasteiger partial charge in [-0.25, -0.2) is 0 Å². The summed E-state index contributed by atoms with van der Waals surface area (Å²) in [4.78, 5) is 27.1. The number of nitrogens with zero attached hydrogens (tertiary/aromatic N) is 1. The average molecular weight is 346 g/mol. The van der Waals surface area contributed by atoms with Crippen LogP contribution in [-0.4, -0.2) is 23.3 Å². The minimum atomic E-state index is -0.412. The minimum Gasteiger partial charge on any atom is -0.361 e. The van der Waals surface area contributed by atoms with Gasteiger partial charge in [0.2, 0.25) is 11.8 Å². The summed E-state index contributed by atoms with van der Waals surface area (Å²) in [5, 5.41) is 15.4. The summed E-state index contributed by atoms with van der Waals surface area (Å²) in [5.74, 6) is -0.747. The number of fused-ring (bicyclic) bond motifs is 1. The number of anilines is 1. The molecule has 3 rings (SSSR count). The van der Waals surface area contributed by atoms with E-state index < -0.39 is 5.91 Å². The molecule has 3 aromatic rings. The van der Waals surface area contributed by atoms with E-state index in [0.29, 0.717) is 24.2 Å². The van der Waals surface area contributed by atoms with Gasteiger partial charge in [0.05, 0.1) is 11.6 Å². The van der Waals surface area contributed by atoms with Crippen LogP contribution in [0.3, 0.4) is 0 Å². The predicted octanol–water partition coefficient (Wildman–Crippen LogP) is 2.73. The van der Waals surface area contributed by atoms with Gasteiger partial charge >= 0.3 is 0 Å². The molecule has 0 aliphatic heterocycles. The molecule has 0 atom stereocenters. The van der Waals surface area contributed by atoms with Crippen LogP contribution in [0, 0.1) is 11.3 Å². The highest BCUT2D eigenvalue weighted by atomic mass is 16.2. The Morgan fingerprint density at radius 1 is 1.08 bits per heavy atom. The second-order valence-electron chi connectivity index (χ2n) is 5.88. The molecule has 0 aliphatic carbocycles. The number of aromatic amines is 1. The van der Waals surface area contributed by atoms with Crippen molar-refractivity contribution in [3.63, 3.8) is 0 Å². The van der Waals surface area contributed by atoms with E-state index in [2.05, 4.69) is 15.6 Å². The number of rotatable bonds is 6. The largest absolute Gasteiger partial charge is 0.361 e. The Bertz CT molecular complexity index is 985. The lowest BCUT2D eigenvalue weighted by molar-refractivity contribution is -0.126. The molecule has 0 fully saturated rings. The van der Waals surface area contributed by atoms with E-state index in [1.54, 1.807) is 24.3 Å². The number of amides is 2. The van der Waals surface area contributed by atoms with Gasteiger partial charge in [-0.3, -0.25) is 9.59 Å². The number of carbonyl (C=O) groups is 2. The lowest BCUT2D eigenvalue weighted by Gasteiger charge is -2.07. The van der Waals surface area contributed by atoms with E-state index in [4.69, 9.17) is 5.26 Å². The topological polar surface area (TPSA) is 97.8 Å². The summed E-state index contributed by atoms with van der Waals surface area (Å²) < 4.78 is 0. The molecule has 0 saturated carbocycles. The molecule has 6 nitrogen and oxygen atoms in total. The smallest absolute Gasteiger partial charge is 0.233 e. The molecule has 0 spiro atoms. The van der Waals surface area contributed by atoms with Gasteiger partial charge in [0, 0.05) is 29.3 Å². The maximum atomic E-state index is 11.9. The van der Waals surface area contributed by atoms with Crippen molar-refractivity contribution in [2.75, 3.05) is 11.9 Å². The standard InChI is InChI=1S/C20H18N4O2/c21-12-14-4-3-5-16(10-14)24-20(26)11-19(25)22-9-8-15-13-23-18-7-2-1-6-17(15)18/h1-7,10,13,23H,8-9,11H2,(H,22,25)(H,24,26). The molecular formula is C20H18N4O2. The molecule has 2 amide bonds. The molecule has 130 valence electrons. The maximum absolute atomic E-state index is 11.9. The van der Waals surface area contributed by atoms with Crippen molar-refractivity contribution in [1.82, 2.24) is 10.3 Å². The number of nitriles is 1. The Balaban J connectivity index is 1.46. The van der Waals surface area contributed by atoms with Gasteiger partial charge in [0.1, 0.15) is 6.42 Å². The molecule has 0 unspecified atom stereocenters. The zero-order valence-corrected chi connectivity index (χ0v) is 14.1. The third kappa shape index (κ3) is 4.28. The maximum Gasteiger partial charge on any atom is 0.233 e. The lowest BCUT2D eigenvalue weighted by Crippen LogP contribution is -2.29. The predicted molar refractivity (Wildman–Crippen MR) is 99.4 cm³/mol. The molecule has 0 saturated heterocycles. The normalized spacial score (nSPS) is 10.3. The molecule has 1 heterocycles. The van der Waals surface area contributed by atoms with Crippen molar-refractivity contribution < 1.29 is 9.59 Å². The molecular weight excluding hydrogens is 328 g/mol. The first-order valence-electron chi connectivity index (χ1n) is 8.27. The van der Waals surface area contributed by atoms with E-state index in [0.717, 1.165) is 16.5 Å². The molecule has 0 bridgehead atoms. The summed E-state index contributed by atoms with van der Waals surface area (Å²) >= 11 is 0. The highest BCUT2D eigenvalue weighted by Crippen LogP contribution is 2.17. The molecule has 6 heteroatoms. The summed E-state index contributed by atoms with van der Waals surface area (Å²) in [6, 6.07) is 16.5. The number of nitrogens with one attached hydrogen (secondary N) is 3. The number of aromatic nitrogens is 1. The fraction of sp³-hybridized carbons (Fsp3) is 0.150. The summed E-state index contributed by atoms with van der Waals surface area (Å²) in [7, 11) is 0. The first-order chi connectivity index (χ1) is 12.7. The number of H-pyrrole nitrogens is 1. The van der Waals surface area contributed by atoms with Crippen LogP contribution in [0.1, 0.15) is 17.5 Å². The Morgan fingerprint density at radius 2 is 1.92 bits per heavy atom. The highest BCUT2D eigenvalue weighted by molar-refractivity contribution is 6.03. The van der Waals surface area contributed by atoms with E-state index in [-0.39, 0.29) is 12.3 Å². The average Bonchev–Trinajstić information content (AvgIpc) is 3.05. The molecule has 3 N–H and O–H groups in total. The summed E-state index contributed by atoms with van der Waals surface area (Å²) in [6.07, 6.45) is 2.36. The Hall–Kier alpha value is -3.59. The van der Waals surface area contributed by atoms with Crippen molar-refractivity contribution in [2.24, 2.45) is 0 Å². The Morgan fingerprint density at radius 3 is 2.77 bits per heavy atom. The molecule has 1 aromatic heterocycles. The monoisotopic (exact) mass is 346 g/mol. The van der Waals surface area contributed by atoms with Crippen molar-refractivity contribution in [3.8, 4) is 6.07 Å². The zero-order valence-electron chi connectivity index (χ0n) is 14.1. The van der Waals surface area contributed by atoms with Crippen LogP contribution in [0.15, 0.2) is 54.7 Å². The van der Waals surface area contributed by atoms with E-state index in [9.17, 15) is 9.59 Å². The van der Waals surface area contributed by atoms with Crippen LogP contribution in [0.5, 0.6) is 0 Å². The van der Waals surface area contributed by atoms with Gasteiger partial charge < -0.3 is 15.6 Å². The molecule has 26 heavy (non-hydrogen) atoms. The van der Waals surface area contributed by atoms with Gasteiger partial charge in [0.25, 0.3) is 0 Å². The van der Waals surface area contributed by atoms with Crippen LogP contribution >= 0.6 is 0 Å². The number of hydrogen-bond acceptors (Lipinski definition) is 3. The van der Waals surface area contributed by atoms with E-state index in [1.807, 2.05) is 36.5 Å². The quantitative estimate of drug-likeness (QED) is 0.599. The van der Waals surface area contributed by atoms with Crippen LogP contribution in [0.4, 0.5) is 5.69 Å². The van der Waals surface area contributed by atoms with E-state index in [1.165, 1.54) is 0 Å². The second kappa shape index (κ2) is 7.99. The van der Waals surface area contributed by atoms with Crippen LogP contribution < -0.4 is 10.6 Å². The Labute approximate surface area is 150 Å². The lowest BCUT2D eigenvalue weighted by atomic mass is 10.1. The van der Waals surface area contributed by atoms with Gasteiger partial charge in [-0.1, -0.05) is 24.3 Å². The molecule has 0 aliphatic rings. The zero-order chi connectivity index (χ0) is 18.4. The third-order valence-corrected chi connectivity index (χ3v) is 3.99. The molecule has 2 aromatic carbocycles. The van der Waals surface area contributed by atoms with Crippen molar-refractivity contribution in [3.05, 3.63) is 65.9 Å². The number of benzene rings is 2. The highest BCUT2D eigenvalue weighted by Gasteiger charge is 2.10. The van der Waals surface area contributed by atoms with Crippen LogP contribution in [0.2, 0.25) is 0 Å². The SMILES string of the molecule is N#Cc1cccc(NC(=O)CC(=O)NCCc2c[nH]c3ccccc23)c1. The first-order valence-corrected chi connectivity index (χ1v) is 8.27. The van der Waals surface area contributed by atoms with Crippen molar-refractivity contribution in [2.45, 2.75) is 12.8 Å². The number of carbonyl (C=O) groups excluding carboxylic acids is 2. The third-order valence-electron chi connectivity index (χ3n) is 3.99. The summed E-state index contributed by atoms with van der Waals surface area (Å²) in [5.41, 5.74) is 3.14. The first kappa shape index (κ1) is 17.2. The Kier molecular flexibility index (Phi) is 5.30. The van der Waals surface area contributed by atoms with Crippen LogP contribution in [0.25, 0.3) is 10.9 Å². The van der Waals surface area contributed by atoms with Crippen molar-refractivity contribution in [1.29, 1.82) is 5.26 Å². The fourth-order valence-electron chi connectivity index (χ4n) is 2.76. The van der Waals surface area contributed by atoms with Gasteiger partial charge in [-0.05, 0) is 36.2 Å². The van der Waals surface area contributed by atoms with Gasteiger partial charge in [-0.2, -0.15) is 5.26 Å².